The molecule has 0 bridgehead atoms. The maximum Gasteiger partial charge on any atom is 0.305 e. The molecule has 0 aliphatic heterocycles. The Bertz CT molecular complexity index is 1350. The largest absolute Gasteiger partial charge is 0.507 e. The van der Waals surface area contributed by atoms with Crippen molar-refractivity contribution in [3.63, 3.8) is 0 Å². The van der Waals surface area contributed by atoms with Crippen molar-refractivity contribution in [3.8, 4) is 5.75 Å². The fraction of sp³-hybridized carbons (Fsp3) is 0.600. The van der Waals surface area contributed by atoms with Crippen molar-refractivity contribution in [1.29, 1.82) is 0 Å². The molecule has 42 heavy (non-hydrogen) atoms. The number of aliphatic hydroxyl groups is 1. The minimum Gasteiger partial charge on any atom is -0.507 e. The van der Waals surface area contributed by atoms with E-state index in [4.69, 9.17) is 15.2 Å². The zero-order valence-electron chi connectivity index (χ0n) is 23.8. The van der Waals surface area contributed by atoms with Crippen LogP contribution < -0.4 is 5.73 Å². The summed E-state index contributed by atoms with van der Waals surface area (Å²) in [6.45, 7) is 1.52. The van der Waals surface area contributed by atoms with E-state index in [0.29, 0.717) is 5.56 Å². The van der Waals surface area contributed by atoms with E-state index < -0.39 is 88.1 Å². The van der Waals surface area contributed by atoms with Gasteiger partial charge < -0.3 is 25.4 Å². The number of nitrogens with zero attached hydrogens (tertiary/aromatic N) is 1. The number of carbonyl (C=O) groups excluding carboxylic acids is 6. The molecule has 4 N–H and O–H groups in total. The van der Waals surface area contributed by atoms with E-state index in [9.17, 15) is 39.0 Å². The number of amides is 1. The molecule has 4 aliphatic rings. The van der Waals surface area contributed by atoms with E-state index in [-0.39, 0.29) is 24.7 Å². The third kappa shape index (κ3) is 4.38. The van der Waals surface area contributed by atoms with Gasteiger partial charge in [0.2, 0.25) is 5.91 Å². The van der Waals surface area contributed by atoms with Gasteiger partial charge in [-0.3, -0.25) is 33.7 Å². The zero-order chi connectivity index (χ0) is 30.7. The van der Waals surface area contributed by atoms with Gasteiger partial charge in [0.05, 0.1) is 36.2 Å². The highest BCUT2D eigenvalue weighted by Gasteiger charge is 2.74. The number of ether oxygens (including phenoxy) is 2. The predicted octanol–water partition coefficient (Wildman–Crippen LogP) is 0.299. The lowest BCUT2D eigenvalue weighted by Gasteiger charge is -2.56. The highest BCUT2D eigenvalue weighted by atomic mass is 16.5. The number of fused-ring (bicyclic) bond motifs is 3. The number of rotatable bonds is 7. The molecule has 5 rings (SSSR count). The van der Waals surface area contributed by atoms with Crippen LogP contribution in [0, 0.1) is 23.7 Å². The summed E-state index contributed by atoms with van der Waals surface area (Å²) in [5, 5.41) is 22.8. The van der Waals surface area contributed by atoms with Gasteiger partial charge in [0.15, 0.2) is 34.7 Å². The fourth-order valence-corrected chi connectivity index (χ4v) is 7.61. The molecule has 0 saturated heterocycles. The average molecular weight is 585 g/mol. The van der Waals surface area contributed by atoms with Crippen molar-refractivity contribution in [2.75, 3.05) is 20.7 Å². The Hall–Kier alpha value is -3.48. The van der Waals surface area contributed by atoms with Gasteiger partial charge in [-0.2, -0.15) is 0 Å². The number of aromatic hydroxyl groups is 1. The maximum atomic E-state index is 14.4. The molecule has 3 saturated carbocycles. The summed E-state index contributed by atoms with van der Waals surface area (Å²) in [4.78, 5) is 82.3. The molecule has 1 amide bonds. The standard InChI is InChI=1S/C30H36N2O10/c1-4-17(34)42-26-19-15(12-41-13-8-5-6-9-13)14-10-7-11-16(33)18(14)24(35)20(19)27(37)30(40)22(26)23(32(2)3)25(36)21(28(30)38)29(31)39/h7,10-11,13,15,19-23,26,33,40H,4-6,8-9,12H2,1-3H3,(H2,31,39). The molecule has 12 heteroatoms. The van der Waals surface area contributed by atoms with Crippen LogP contribution in [0.25, 0.3) is 0 Å². The Balaban J connectivity index is 1.75. The van der Waals surface area contributed by atoms with Crippen LogP contribution in [0.3, 0.4) is 0 Å². The molecule has 8 atom stereocenters. The normalized spacial score (nSPS) is 34.6. The zero-order valence-corrected chi connectivity index (χ0v) is 23.8. The van der Waals surface area contributed by atoms with Crippen LogP contribution in [0.4, 0.5) is 0 Å². The first-order chi connectivity index (χ1) is 19.9. The highest BCUT2D eigenvalue weighted by molar-refractivity contribution is 6.32. The number of ketones is 4. The van der Waals surface area contributed by atoms with Gasteiger partial charge in [0.25, 0.3) is 0 Å². The number of hydrogen-bond acceptors (Lipinski definition) is 11. The maximum absolute atomic E-state index is 14.4. The number of esters is 1. The van der Waals surface area contributed by atoms with Gasteiger partial charge in [-0.15, -0.1) is 0 Å². The third-order valence-electron chi connectivity index (χ3n) is 9.49. The van der Waals surface area contributed by atoms with Crippen molar-refractivity contribution in [3.05, 3.63) is 29.3 Å². The molecule has 1 aromatic carbocycles. The Morgan fingerprint density at radius 2 is 1.76 bits per heavy atom. The van der Waals surface area contributed by atoms with Crippen molar-refractivity contribution < 1.29 is 48.5 Å². The lowest BCUT2D eigenvalue weighted by molar-refractivity contribution is -0.206. The lowest BCUT2D eigenvalue weighted by atomic mass is 9.49. The van der Waals surface area contributed by atoms with Crippen molar-refractivity contribution in [2.24, 2.45) is 29.4 Å². The summed E-state index contributed by atoms with van der Waals surface area (Å²) in [5.74, 6) is -14.4. The van der Waals surface area contributed by atoms with E-state index in [1.807, 2.05) is 0 Å². The van der Waals surface area contributed by atoms with E-state index >= 15 is 0 Å². The summed E-state index contributed by atoms with van der Waals surface area (Å²) in [5.41, 5.74) is 2.58. The molecule has 12 nitrogen and oxygen atoms in total. The second-order valence-corrected chi connectivity index (χ2v) is 12.0. The number of carbonyl (C=O) groups is 6. The first-order valence-electron chi connectivity index (χ1n) is 14.3. The van der Waals surface area contributed by atoms with Gasteiger partial charge in [-0.05, 0) is 38.6 Å². The second kappa shape index (κ2) is 11.0. The lowest BCUT2D eigenvalue weighted by Crippen LogP contribution is -2.78. The second-order valence-electron chi connectivity index (χ2n) is 12.0. The highest BCUT2D eigenvalue weighted by Crippen LogP contribution is 2.55. The number of likely N-dealkylation sites (N-methyl/N-ethyl adjacent to an activating group) is 1. The molecule has 8 unspecified atom stereocenters. The summed E-state index contributed by atoms with van der Waals surface area (Å²) in [6, 6.07) is 3.02. The smallest absolute Gasteiger partial charge is 0.305 e. The molecule has 1 aromatic rings. The van der Waals surface area contributed by atoms with E-state index in [1.165, 1.54) is 32.0 Å². The van der Waals surface area contributed by atoms with E-state index in [0.717, 1.165) is 25.7 Å². The van der Waals surface area contributed by atoms with Crippen LogP contribution in [0.15, 0.2) is 18.2 Å². The molecule has 3 fully saturated rings. The molecular weight excluding hydrogens is 548 g/mol. The van der Waals surface area contributed by atoms with Crippen LogP contribution in [0.2, 0.25) is 0 Å². The number of benzene rings is 1. The molecule has 4 aliphatic carbocycles. The predicted molar refractivity (Wildman–Crippen MR) is 144 cm³/mol. The summed E-state index contributed by atoms with van der Waals surface area (Å²) < 4.78 is 12.1. The number of primary amides is 1. The van der Waals surface area contributed by atoms with Crippen molar-refractivity contribution in [2.45, 2.75) is 68.8 Å². The average Bonchev–Trinajstić information content (AvgIpc) is 3.45. The van der Waals surface area contributed by atoms with Crippen LogP contribution in [-0.2, 0) is 33.4 Å². The van der Waals surface area contributed by atoms with Gasteiger partial charge in [0.1, 0.15) is 11.9 Å². The first-order valence-corrected chi connectivity index (χ1v) is 14.3. The molecular formula is C30H36N2O10. The summed E-state index contributed by atoms with van der Waals surface area (Å²) in [6.07, 6.45) is 1.94. The van der Waals surface area contributed by atoms with Gasteiger partial charge in [-0.25, -0.2) is 0 Å². The minimum absolute atomic E-state index is 0.00734. The van der Waals surface area contributed by atoms with Gasteiger partial charge >= 0.3 is 5.97 Å². The Morgan fingerprint density at radius 3 is 2.36 bits per heavy atom. The Morgan fingerprint density at radius 1 is 1.10 bits per heavy atom. The minimum atomic E-state index is -3.06. The van der Waals surface area contributed by atoms with Crippen molar-refractivity contribution >= 4 is 35.0 Å². The topological polar surface area (TPSA) is 191 Å². The van der Waals surface area contributed by atoms with Crippen LogP contribution in [0.1, 0.15) is 60.9 Å². The van der Waals surface area contributed by atoms with Gasteiger partial charge in [0, 0.05) is 18.3 Å². The Labute approximate surface area is 242 Å². The number of hydrogen-bond donors (Lipinski definition) is 3. The number of phenolic OH excluding ortho intramolecular Hbond substituents is 1. The summed E-state index contributed by atoms with van der Waals surface area (Å²) >= 11 is 0. The summed E-state index contributed by atoms with van der Waals surface area (Å²) in [7, 11) is 2.93. The fourth-order valence-electron chi connectivity index (χ4n) is 7.61. The van der Waals surface area contributed by atoms with Crippen LogP contribution in [0.5, 0.6) is 5.75 Å². The number of nitrogens with two attached hydrogens (primary N) is 1. The van der Waals surface area contributed by atoms with Crippen LogP contribution in [-0.4, -0.2) is 94.7 Å². The monoisotopic (exact) mass is 584 g/mol. The first kappa shape index (κ1) is 30.0. The molecule has 226 valence electrons. The third-order valence-corrected chi connectivity index (χ3v) is 9.49. The molecule has 0 spiro atoms. The van der Waals surface area contributed by atoms with Crippen molar-refractivity contribution in [1.82, 2.24) is 4.90 Å². The van der Waals surface area contributed by atoms with E-state index in [2.05, 4.69) is 0 Å². The Kier molecular flexibility index (Phi) is 7.84. The molecule has 0 heterocycles. The van der Waals surface area contributed by atoms with E-state index in [1.54, 1.807) is 12.1 Å². The number of Topliss-reactive ketones (excluding diaryl/α,β-unsaturated/α-hetero) is 4. The molecule has 0 aromatic heterocycles. The quantitative estimate of drug-likeness (QED) is 0.295. The van der Waals surface area contributed by atoms with Crippen LogP contribution >= 0.6 is 0 Å². The SMILES string of the molecule is CCC(=O)OC1C2C(C(=O)c3c(O)cccc3C2COC2CCCC2)C(=O)C2(O)C(=O)C(C(N)=O)C(=O)C(N(C)C)C12. The number of phenols is 1. The van der Waals surface area contributed by atoms with Gasteiger partial charge in [-0.1, -0.05) is 31.9 Å². The molecule has 0 radical (unpaired) electrons.